The fourth-order valence-corrected chi connectivity index (χ4v) is 2.12. The van der Waals surface area contributed by atoms with Crippen LogP contribution in [0.15, 0.2) is 12.3 Å². The lowest BCUT2D eigenvalue weighted by Crippen LogP contribution is -2.38. The minimum absolute atomic E-state index is 0.143. The number of ether oxygens (including phenoxy) is 1. The Morgan fingerprint density at radius 1 is 1.37 bits per heavy atom. The number of alkyl halides is 3. The van der Waals surface area contributed by atoms with Gasteiger partial charge in [-0.25, -0.2) is 9.97 Å². The highest BCUT2D eigenvalue weighted by Gasteiger charge is 2.33. The Morgan fingerprint density at radius 2 is 2.05 bits per heavy atom. The van der Waals surface area contributed by atoms with E-state index in [4.69, 9.17) is 4.74 Å². The summed E-state index contributed by atoms with van der Waals surface area (Å²) in [6, 6.07) is 0.885. The van der Waals surface area contributed by atoms with Gasteiger partial charge in [0, 0.05) is 25.9 Å². The molecule has 106 valence electrons. The van der Waals surface area contributed by atoms with Gasteiger partial charge in [-0.2, -0.15) is 13.2 Å². The molecule has 0 aromatic carbocycles. The third kappa shape index (κ3) is 3.56. The largest absolute Gasteiger partial charge is 0.433 e. The van der Waals surface area contributed by atoms with Crippen molar-refractivity contribution in [2.45, 2.75) is 32.0 Å². The summed E-state index contributed by atoms with van der Waals surface area (Å²) in [5.41, 5.74) is -0.899. The number of nitrogens with zero attached hydrogens (tertiary/aromatic N) is 3. The first-order chi connectivity index (χ1) is 9.00. The van der Waals surface area contributed by atoms with E-state index in [9.17, 15) is 13.2 Å². The number of hydrogen-bond acceptors (Lipinski definition) is 4. The molecule has 0 atom stereocenters. The molecular formula is C12H16F3N3O. The third-order valence-corrected chi connectivity index (χ3v) is 3.06. The third-order valence-electron chi connectivity index (χ3n) is 3.06. The second-order valence-electron chi connectivity index (χ2n) is 4.38. The highest BCUT2D eigenvalue weighted by Crippen LogP contribution is 2.28. The van der Waals surface area contributed by atoms with E-state index < -0.39 is 11.9 Å². The Balaban J connectivity index is 2.03. The van der Waals surface area contributed by atoms with E-state index in [1.54, 1.807) is 4.90 Å². The molecule has 1 aromatic rings. The van der Waals surface area contributed by atoms with Gasteiger partial charge in [-0.3, -0.25) is 0 Å². The van der Waals surface area contributed by atoms with E-state index in [-0.39, 0.29) is 12.1 Å². The van der Waals surface area contributed by atoms with E-state index >= 15 is 0 Å². The molecule has 19 heavy (non-hydrogen) atoms. The average Bonchev–Trinajstić information content (AvgIpc) is 2.39. The van der Waals surface area contributed by atoms with Gasteiger partial charge in [0.1, 0.15) is 5.69 Å². The fourth-order valence-electron chi connectivity index (χ4n) is 2.12. The molecule has 1 fully saturated rings. The monoisotopic (exact) mass is 275 g/mol. The number of anilines is 1. The highest BCUT2D eigenvalue weighted by atomic mass is 19.4. The van der Waals surface area contributed by atoms with E-state index in [0.717, 1.165) is 25.1 Å². The Morgan fingerprint density at radius 3 is 2.63 bits per heavy atom. The van der Waals surface area contributed by atoms with Gasteiger partial charge in [0.15, 0.2) is 0 Å². The van der Waals surface area contributed by atoms with E-state index in [1.165, 1.54) is 0 Å². The molecule has 0 radical (unpaired) electrons. The Kier molecular flexibility index (Phi) is 4.24. The molecule has 0 bridgehead atoms. The summed E-state index contributed by atoms with van der Waals surface area (Å²) in [4.78, 5) is 9.28. The maximum Gasteiger partial charge on any atom is 0.433 e. The second kappa shape index (κ2) is 5.73. The molecule has 0 spiro atoms. The molecule has 0 unspecified atom stereocenters. The first-order valence-electron chi connectivity index (χ1n) is 6.27. The van der Waals surface area contributed by atoms with Crippen molar-refractivity contribution in [3.8, 4) is 0 Å². The van der Waals surface area contributed by atoms with Crippen LogP contribution >= 0.6 is 0 Å². The maximum atomic E-state index is 12.6. The lowest BCUT2D eigenvalue weighted by Gasteiger charge is -2.31. The van der Waals surface area contributed by atoms with Gasteiger partial charge in [-0.1, -0.05) is 0 Å². The minimum atomic E-state index is -4.43. The van der Waals surface area contributed by atoms with Gasteiger partial charge in [0.05, 0.1) is 6.10 Å². The number of rotatable bonds is 3. The van der Waals surface area contributed by atoms with Gasteiger partial charge in [-0.15, -0.1) is 0 Å². The summed E-state index contributed by atoms with van der Waals surface area (Å²) in [5, 5.41) is 0. The molecule has 2 rings (SSSR count). The molecule has 1 aromatic heterocycles. The first kappa shape index (κ1) is 14.0. The molecule has 0 aliphatic carbocycles. The van der Waals surface area contributed by atoms with Gasteiger partial charge in [0.2, 0.25) is 5.95 Å². The van der Waals surface area contributed by atoms with Crippen LogP contribution in [0.4, 0.5) is 19.1 Å². The zero-order chi connectivity index (χ0) is 13.9. The van der Waals surface area contributed by atoms with Crippen LogP contribution in [0.2, 0.25) is 0 Å². The van der Waals surface area contributed by atoms with Crippen LogP contribution in [0.3, 0.4) is 0 Å². The van der Waals surface area contributed by atoms with Crippen LogP contribution in [0.25, 0.3) is 0 Å². The molecule has 4 nitrogen and oxygen atoms in total. The quantitative estimate of drug-likeness (QED) is 0.849. The SMILES string of the molecule is CCOC1CCN(c2nccc(C(F)(F)F)n2)CC1. The Hall–Kier alpha value is -1.37. The number of piperidine rings is 1. The van der Waals surface area contributed by atoms with E-state index in [0.29, 0.717) is 19.7 Å². The molecule has 1 aliphatic rings. The lowest BCUT2D eigenvalue weighted by molar-refractivity contribution is -0.141. The van der Waals surface area contributed by atoms with Crippen molar-refractivity contribution in [1.29, 1.82) is 0 Å². The van der Waals surface area contributed by atoms with E-state index in [1.807, 2.05) is 6.92 Å². The lowest BCUT2D eigenvalue weighted by atomic mass is 10.1. The van der Waals surface area contributed by atoms with Crippen molar-refractivity contribution < 1.29 is 17.9 Å². The minimum Gasteiger partial charge on any atom is -0.378 e. The van der Waals surface area contributed by atoms with Crippen molar-refractivity contribution in [3.05, 3.63) is 18.0 Å². The average molecular weight is 275 g/mol. The standard InChI is InChI=1S/C12H16F3N3O/c1-2-19-9-4-7-18(8-5-9)11-16-6-3-10(17-11)12(13,14)15/h3,6,9H,2,4-5,7-8H2,1H3. The molecule has 0 saturated carbocycles. The van der Waals surface area contributed by atoms with Crippen molar-refractivity contribution >= 4 is 5.95 Å². The molecular weight excluding hydrogens is 259 g/mol. The van der Waals surface area contributed by atoms with Gasteiger partial charge in [0.25, 0.3) is 0 Å². The number of halogens is 3. The van der Waals surface area contributed by atoms with Crippen LogP contribution in [0.1, 0.15) is 25.5 Å². The van der Waals surface area contributed by atoms with Crippen LogP contribution in [0.5, 0.6) is 0 Å². The Labute approximate surface area is 109 Å². The topological polar surface area (TPSA) is 38.2 Å². The predicted molar refractivity (Wildman–Crippen MR) is 63.9 cm³/mol. The first-order valence-corrected chi connectivity index (χ1v) is 6.27. The van der Waals surface area contributed by atoms with Gasteiger partial charge >= 0.3 is 6.18 Å². The van der Waals surface area contributed by atoms with Crippen molar-refractivity contribution in [3.63, 3.8) is 0 Å². The molecule has 1 aliphatic heterocycles. The number of aromatic nitrogens is 2. The molecule has 2 heterocycles. The van der Waals surface area contributed by atoms with Crippen molar-refractivity contribution in [2.24, 2.45) is 0 Å². The summed E-state index contributed by atoms with van der Waals surface area (Å²) in [6.45, 7) is 3.82. The summed E-state index contributed by atoms with van der Waals surface area (Å²) in [6.07, 6.45) is -1.52. The molecule has 1 saturated heterocycles. The van der Waals surface area contributed by atoms with Crippen LogP contribution < -0.4 is 4.90 Å². The molecule has 0 amide bonds. The van der Waals surface area contributed by atoms with Crippen molar-refractivity contribution in [1.82, 2.24) is 9.97 Å². The zero-order valence-electron chi connectivity index (χ0n) is 10.7. The van der Waals surface area contributed by atoms with Crippen LogP contribution in [0, 0.1) is 0 Å². The predicted octanol–water partition coefficient (Wildman–Crippen LogP) is 2.50. The van der Waals surface area contributed by atoms with Crippen LogP contribution in [-0.2, 0) is 10.9 Å². The summed E-state index contributed by atoms with van der Waals surface area (Å²) < 4.78 is 43.2. The highest BCUT2D eigenvalue weighted by molar-refractivity contribution is 5.31. The molecule has 0 N–H and O–H groups in total. The van der Waals surface area contributed by atoms with E-state index in [2.05, 4.69) is 9.97 Å². The maximum absolute atomic E-state index is 12.6. The van der Waals surface area contributed by atoms with Crippen molar-refractivity contribution in [2.75, 3.05) is 24.6 Å². The van der Waals surface area contributed by atoms with Gasteiger partial charge < -0.3 is 9.64 Å². The summed E-state index contributed by atoms with van der Waals surface area (Å²) in [7, 11) is 0. The second-order valence-corrected chi connectivity index (χ2v) is 4.38. The zero-order valence-corrected chi connectivity index (χ0v) is 10.7. The van der Waals surface area contributed by atoms with Gasteiger partial charge in [-0.05, 0) is 25.8 Å². The molecule has 7 heteroatoms. The Bertz CT molecular complexity index is 417. The fraction of sp³-hybridized carbons (Fsp3) is 0.667. The summed E-state index contributed by atoms with van der Waals surface area (Å²) in [5.74, 6) is 0.143. The number of hydrogen-bond donors (Lipinski definition) is 0. The smallest absolute Gasteiger partial charge is 0.378 e. The normalized spacial score (nSPS) is 17.8. The summed E-state index contributed by atoms with van der Waals surface area (Å²) >= 11 is 0. The van der Waals surface area contributed by atoms with Crippen LogP contribution in [-0.4, -0.2) is 35.8 Å².